The summed E-state index contributed by atoms with van der Waals surface area (Å²) in [5, 5.41) is 15.4. The summed E-state index contributed by atoms with van der Waals surface area (Å²) in [6.45, 7) is 6.79. The first kappa shape index (κ1) is 32.5. The number of hydrogen-bond donors (Lipinski definition) is 2. The Hall–Kier alpha value is -4.42. The maximum absolute atomic E-state index is 13.3. The molecule has 0 saturated heterocycles. The number of anilines is 1. The minimum atomic E-state index is -0.372. The molecule has 11 nitrogen and oxygen atoms in total. The maximum atomic E-state index is 13.3. The number of methoxy groups -OCH3 is 1. The third kappa shape index (κ3) is 8.35. The van der Waals surface area contributed by atoms with Crippen LogP contribution in [0.1, 0.15) is 37.0 Å². The highest BCUT2D eigenvalue weighted by atomic mass is 35.5. The van der Waals surface area contributed by atoms with Crippen LogP contribution in [0.5, 0.6) is 23.0 Å². The molecule has 0 aliphatic heterocycles. The number of benzene rings is 3. The first-order chi connectivity index (χ1) is 21.4. The number of carbonyl (C=O) groups excluding carboxylic acids is 2. The second-order valence-corrected chi connectivity index (χ2v) is 10.4. The van der Waals surface area contributed by atoms with E-state index in [-0.39, 0.29) is 24.1 Å². The van der Waals surface area contributed by atoms with Gasteiger partial charge < -0.3 is 29.6 Å². The van der Waals surface area contributed by atoms with Gasteiger partial charge >= 0.3 is 0 Å². The summed E-state index contributed by atoms with van der Waals surface area (Å²) in [7, 11) is 1.58. The second kappa shape index (κ2) is 15.9. The second-order valence-electron chi connectivity index (χ2n) is 9.06. The Morgan fingerprint density at radius 1 is 0.909 bits per heavy atom. The van der Waals surface area contributed by atoms with Crippen LogP contribution >= 0.6 is 23.4 Å². The zero-order valence-corrected chi connectivity index (χ0v) is 26.5. The molecule has 1 aromatic heterocycles. The lowest BCUT2D eigenvalue weighted by Gasteiger charge is -2.17. The fourth-order valence-corrected chi connectivity index (χ4v) is 5.12. The van der Waals surface area contributed by atoms with Gasteiger partial charge in [-0.05, 0) is 75.4 Å². The van der Waals surface area contributed by atoms with Crippen LogP contribution in [0.3, 0.4) is 0 Å². The van der Waals surface area contributed by atoms with Gasteiger partial charge in [0.25, 0.3) is 5.91 Å². The number of thioether (sulfide) groups is 1. The Balaban J connectivity index is 1.53. The molecule has 4 rings (SSSR count). The summed E-state index contributed by atoms with van der Waals surface area (Å²) in [5.74, 6) is 1.90. The van der Waals surface area contributed by atoms with Crippen LogP contribution in [0.4, 0.5) is 5.69 Å². The van der Waals surface area contributed by atoms with Crippen molar-refractivity contribution < 1.29 is 28.5 Å². The van der Waals surface area contributed by atoms with E-state index in [1.165, 1.54) is 11.8 Å². The van der Waals surface area contributed by atoms with E-state index in [0.29, 0.717) is 75.8 Å². The van der Waals surface area contributed by atoms with Crippen molar-refractivity contribution in [2.75, 3.05) is 38.0 Å². The molecule has 3 aromatic carbocycles. The predicted molar refractivity (Wildman–Crippen MR) is 170 cm³/mol. The van der Waals surface area contributed by atoms with E-state index in [2.05, 4.69) is 20.8 Å². The van der Waals surface area contributed by atoms with E-state index in [1.807, 2.05) is 26.8 Å². The van der Waals surface area contributed by atoms with Crippen LogP contribution in [0, 0.1) is 0 Å². The van der Waals surface area contributed by atoms with Gasteiger partial charge in [0.2, 0.25) is 11.7 Å². The summed E-state index contributed by atoms with van der Waals surface area (Å²) in [4.78, 5) is 26.0. The van der Waals surface area contributed by atoms with Crippen LogP contribution < -0.4 is 29.6 Å². The van der Waals surface area contributed by atoms with Gasteiger partial charge in [-0.25, -0.2) is 0 Å². The highest BCUT2D eigenvalue weighted by Gasteiger charge is 2.21. The summed E-state index contributed by atoms with van der Waals surface area (Å²) in [6.07, 6.45) is 0. The Morgan fingerprint density at radius 2 is 1.59 bits per heavy atom. The van der Waals surface area contributed by atoms with Crippen molar-refractivity contribution in [3.05, 3.63) is 77.1 Å². The monoisotopic (exact) mass is 639 g/mol. The molecule has 0 unspecified atom stereocenters. The third-order valence-corrected chi connectivity index (χ3v) is 7.22. The van der Waals surface area contributed by atoms with E-state index in [4.69, 9.17) is 30.5 Å². The average molecular weight is 640 g/mol. The van der Waals surface area contributed by atoms with Crippen molar-refractivity contribution in [2.45, 2.75) is 32.5 Å². The summed E-state index contributed by atoms with van der Waals surface area (Å²) in [5.41, 5.74) is 1.66. The van der Waals surface area contributed by atoms with Gasteiger partial charge in [-0.15, -0.1) is 10.2 Å². The zero-order valence-electron chi connectivity index (χ0n) is 24.9. The Labute approximate surface area is 265 Å². The van der Waals surface area contributed by atoms with Crippen molar-refractivity contribution in [2.24, 2.45) is 0 Å². The van der Waals surface area contributed by atoms with Crippen LogP contribution in [0.15, 0.2) is 65.8 Å². The van der Waals surface area contributed by atoms with Crippen LogP contribution in [-0.4, -0.2) is 59.3 Å². The van der Waals surface area contributed by atoms with Gasteiger partial charge in [-0.3, -0.25) is 14.2 Å². The molecule has 232 valence electrons. The Morgan fingerprint density at radius 3 is 2.20 bits per heavy atom. The van der Waals surface area contributed by atoms with Crippen molar-refractivity contribution >= 4 is 40.9 Å². The molecular formula is C31H34ClN5O6S. The molecule has 0 aliphatic carbocycles. The van der Waals surface area contributed by atoms with E-state index in [9.17, 15) is 9.59 Å². The van der Waals surface area contributed by atoms with Gasteiger partial charge in [0, 0.05) is 16.3 Å². The molecule has 1 heterocycles. The molecule has 44 heavy (non-hydrogen) atoms. The van der Waals surface area contributed by atoms with Gasteiger partial charge in [-0.2, -0.15) is 0 Å². The first-order valence-electron chi connectivity index (χ1n) is 14.0. The summed E-state index contributed by atoms with van der Waals surface area (Å²) in [6, 6.07) is 17.4. The Kier molecular flexibility index (Phi) is 11.7. The SMILES string of the molecule is CCOc1cc(C(=O)NCc2nnc(SCC(=O)Nc3ccc(OC)cc3)n2-c2cccc(Cl)c2)cc(OCC)c1OCC. The molecular weight excluding hydrogens is 606 g/mol. The highest BCUT2D eigenvalue weighted by molar-refractivity contribution is 7.99. The minimum Gasteiger partial charge on any atom is -0.497 e. The van der Waals surface area contributed by atoms with Crippen LogP contribution in [0.25, 0.3) is 5.69 Å². The van der Waals surface area contributed by atoms with Gasteiger partial charge in [-0.1, -0.05) is 29.4 Å². The number of nitrogens with zero attached hydrogens (tertiary/aromatic N) is 3. The number of ether oxygens (including phenoxy) is 4. The van der Waals surface area contributed by atoms with Crippen molar-refractivity contribution in [3.63, 3.8) is 0 Å². The van der Waals surface area contributed by atoms with Gasteiger partial charge in [0.05, 0.1) is 44.9 Å². The molecule has 2 N–H and O–H groups in total. The van der Waals surface area contributed by atoms with Gasteiger partial charge in [0.15, 0.2) is 22.5 Å². The topological polar surface area (TPSA) is 126 Å². The summed E-state index contributed by atoms with van der Waals surface area (Å²) >= 11 is 7.50. The molecule has 4 aromatic rings. The molecule has 0 bridgehead atoms. The van der Waals surface area contributed by atoms with Crippen LogP contribution in [-0.2, 0) is 11.3 Å². The molecule has 0 aliphatic rings. The smallest absolute Gasteiger partial charge is 0.251 e. The number of amides is 2. The maximum Gasteiger partial charge on any atom is 0.251 e. The number of hydrogen-bond acceptors (Lipinski definition) is 9. The number of rotatable bonds is 15. The number of halogens is 1. The van der Waals surface area contributed by atoms with Gasteiger partial charge in [0.1, 0.15) is 5.75 Å². The molecule has 0 saturated carbocycles. The van der Waals surface area contributed by atoms with E-state index in [0.717, 1.165) is 0 Å². The van der Waals surface area contributed by atoms with E-state index >= 15 is 0 Å². The molecule has 0 fully saturated rings. The quantitative estimate of drug-likeness (QED) is 0.156. The first-order valence-corrected chi connectivity index (χ1v) is 15.3. The van der Waals surface area contributed by atoms with Crippen molar-refractivity contribution in [1.82, 2.24) is 20.1 Å². The van der Waals surface area contributed by atoms with Crippen LogP contribution in [0.2, 0.25) is 5.02 Å². The molecule has 2 amide bonds. The molecule has 0 radical (unpaired) electrons. The average Bonchev–Trinajstić information content (AvgIpc) is 3.43. The molecule has 0 spiro atoms. The molecule has 0 atom stereocenters. The van der Waals surface area contributed by atoms with E-state index < -0.39 is 0 Å². The lowest BCUT2D eigenvalue weighted by molar-refractivity contribution is -0.113. The lowest BCUT2D eigenvalue weighted by Crippen LogP contribution is -2.25. The number of carbonyl (C=O) groups is 2. The largest absolute Gasteiger partial charge is 0.497 e. The standard InChI is InChI=1S/C31H34ClN5O6S/c1-5-41-25-15-20(16-26(42-6-2)29(25)43-7-3)30(39)33-18-27-35-36-31(37(27)23-10-8-9-21(32)17-23)44-19-28(38)34-22-11-13-24(40-4)14-12-22/h8-17H,5-7,18-19H2,1-4H3,(H,33,39)(H,34,38). The van der Waals surface area contributed by atoms with Crippen molar-refractivity contribution in [1.29, 1.82) is 0 Å². The van der Waals surface area contributed by atoms with E-state index in [1.54, 1.807) is 66.3 Å². The number of aromatic nitrogens is 3. The fourth-order valence-electron chi connectivity index (χ4n) is 4.17. The minimum absolute atomic E-state index is 0.0398. The number of nitrogens with one attached hydrogen (secondary N) is 2. The normalized spacial score (nSPS) is 10.7. The highest BCUT2D eigenvalue weighted by Crippen LogP contribution is 2.39. The third-order valence-electron chi connectivity index (χ3n) is 6.05. The Bertz CT molecular complexity index is 1550. The fraction of sp³-hybridized carbons (Fsp3) is 0.290. The molecule has 13 heteroatoms. The summed E-state index contributed by atoms with van der Waals surface area (Å²) < 4.78 is 24.2. The predicted octanol–water partition coefficient (Wildman–Crippen LogP) is 5.79. The van der Waals surface area contributed by atoms with Crippen molar-refractivity contribution in [3.8, 4) is 28.7 Å². The lowest BCUT2D eigenvalue weighted by atomic mass is 10.1. The zero-order chi connectivity index (χ0) is 31.5.